The van der Waals surface area contributed by atoms with E-state index in [4.69, 9.17) is 9.72 Å². The highest BCUT2D eigenvalue weighted by atomic mass is 32.1. The molecule has 4 aromatic rings. The average Bonchev–Trinajstić information content (AvgIpc) is 3.11. The first-order chi connectivity index (χ1) is 12.9. The van der Waals surface area contributed by atoms with Crippen LogP contribution in [0, 0.1) is 0 Å². The maximum absolute atomic E-state index is 9.63. The zero-order valence-electron chi connectivity index (χ0n) is 15.9. The van der Waals surface area contributed by atoms with Crippen LogP contribution in [-0.4, -0.2) is 26.6 Å². The lowest BCUT2D eigenvalue weighted by molar-refractivity contribution is 0.340. The van der Waals surface area contributed by atoms with Gasteiger partial charge in [0.15, 0.2) is 4.96 Å². The van der Waals surface area contributed by atoms with Gasteiger partial charge in [-0.25, -0.2) is 4.98 Å². The molecule has 2 aromatic carbocycles. The third-order valence-electron chi connectivity index (χ3n) is 4.16. The standard InChI is InChI=1S/C21H23N3O2S/c1-5-26-15-10-11-17-16(12-15)24-19(23-21(2,3)4)18(22-20(24)27-17)13-6-8-14(25)9-7-13/h6-12,23,25H,5H2,1-4H3. The van der Waals surface area contributed by atoms with Crippen LogP contribution in [0.4, 0.5) is 5.82 Å². The smallest absolute Gasteiger partial charge is 0.197 e. The zero-order chi connectivity index (χ0) is 19.2. The lowest BCUT2D eigenvalue weighted by atomic mass is 10.1. The van der Waals surface area contributed by atoms with Crippen LogP contribution >= 0.6 is 11.3 Å². The highest BCUT2D eigenvalue weighted by Crippen LogP contribution is 2.38. The molecule has 5 nitrogen and oxygen atoms in total. The number of phenols is 1. The van der Waals surface area contributed by atoms with E-state index in [9.17, 15) is 5.11 Å². The number of aromatic nitrogens is 2. The van der Waals surface area contributed by atoms with Crippen LogP contribution in [0.2, 0.25) is 0 Å². The number of thiazole rings is 1. The fourth-order valence-electron chi connectivity index (χ4n) is 3.10. The second kappa shape index (κ2) is 6.46. The van der Waals surface area contributed by atoms with Gasteiger partial charge in [-0.2, -0.15) is 0 Å². The van der Waals surface area contributed by atoms with Gasteiger partial charge in [0, 0.05) is 17.2 Å². The molecule has 0 spiro atoms. The van der Waals surface area contributed by atoms with E-state index in [2.05, 4.69) is 42.6 Å². The van der Waals surface area contributed by atoms with Crippen LogP contribution in [0.3, 0.4) is 0 Å². The molecule has 0 atom stereocenters. The highest BCUT2D eigenvalue weighted by Gasteiger charge is 2.22. The van der Waals surface area contributed by atoms with Crippen molar-refractivity contribution in [3.63, 3.8) is 0 Å². The predicted molar refractivity (Wildman–Crippen MR) is 112 cm³/mol. The number of aromatic hydroxyl groups is 1. The third kappa shape index (κ3) is 3.32. The van der Waals surface area contributed by atoms with Crippen molar-refractivity contribution in [2.45, 2.75) is 33.2 Å². The van der Waals surface area contributed by atoms with Crippen molar-refractivity contribution >= 4 is 32.3 Å². The Bertz CT molecular complexity index is 1100. The van der Waals surface area contributed by atoms with Crippen molar-refractivity contribution in [2.24, 2.45) is 0 Å². The molecule has 0 saturated heterocycles. The van der Waals surface area contributed by atoms with Crippen LogP contribution in [0.1, 0.15) is 27.7 Å². The van der Waals surface area contributed by atoms with E-state index in [0.717, 1.165) is 38.0 Å². The molecule has 0 fully saturated rings. The molecule has 2 aromatic heterocycles. The summed E-state index contributed by atoms with van der Waals surface area (Å²) in [5, 5.41) is 13.2. The first-order valence-corrected chi connectivity index (χ1v) is 9.83. The molecular weight excluding hydrogens is 358 g/mol. The second-order valence-electron chi connectivity index (χ2n) is 7.51. The van der Waals surface area contributed by atoms with Crippen LogP contribution < -0.4 is 10.1 Å². The number of nitrogens with one attached hydrogen (secondary N) is 1. The van der Waals surface area contributed by atoms with Crippen molar-refractivity contribution in [1.82, 2.24) is 9.38 Å². The van der Waals surface area contributed by atoms with E-state index in [0.29, 0.717) is 6.61 Å². The number of fused-ring (bicyclic) bond motifs is 3. The Morgan fingerprint density at radius 3 is 2.56 bits per heavy atom. The van der Waals surface area contributed by atoms with Crippen molar-refractivity contribution in [3.8, 4) is 22.8 Å². The van der Waals surface area contributed by atoms with Gasteiger partial charge < -0.3 is 15.2 Å². The Labute approximate surface area is 162 Å². The summed E-state index contributed by atoms with van der Waals surface area (Å²) < 4.78 is 9.03. The average molecular weight is 382 g/mol. The number of ether oxygens (including phenoxy) is 1. The molecule has 0 unspecified atom stereocenters. The first-order valence-electron chi connectivity index (χ1n) is 9.01. The monoisotopic (exact) mass is 381 g/mol. The lowest BCUT2D eigenvalue weighted by Crippen LogP contribution is -2.27. The Morgan fingerprint density at radius 1 is 1.15 bits per heavy atom. The molecule has 4 rings (SSSR count). The normalized spacial score (nSPS) is 12.0. The second-order valence-corrected chi connectivity index (χ2v) is 8.52. The molecule has 0 amide bonds. The summed E-state index contributed by atoms with van der Waals surface area (Å²) in [7, 11) is 0. The van der Waals surface area contributed by atoms with Crippen molar-refractivity contribution < 1.29 is 9.84 Å². The topological polar surface area (TPSA) is 58.8 Å². The number of nitrogens with zero attached hydrogens (tertiary/aromatic N) is 2. The molecule has 6 heteroatoms. The minimum absolute atomic E-state index is 0.132. The van der Waals surface area contributed by atoms with Gasteiger partial charge in [0.2, 0.25) is 0 Å². The minimum Gasteiger partial charge on any atom is -0.508 e. The van der Waals surface area contributed by atoms with E-state index in [-0.39, 0.29) is 11.3 Å². The Morgan fingerprint density at radius 2 is 1.89 bits per heavy atom. The molecule has 0 bridgehead atoms. The molecular formula is C21H23N3O2S. The fourth-order valence-corrected chi connectivity index (χ4v) is 4.10. The molecule has 0 aliphatic carbocycles. The molecule has 0 aliphatic rings. The molecule has 140 valence electrons. The van der Waals surface area contributed by atoms with E-state index >= 15 is 0 Å². The van der Waals surface area contributed by atoms with Crippen LogP contribution in [0.15, 0.2) is 42.5 Å². The highest BCUT2D eigenvalue weighted by molar-refractivity contribution is 7.23. The SMILES string of the molecule is CCOc1ccc2sc3nc(-c4ccc(O)cc4)c(NC(C)(C)C)n3c2c1. The summed E-state index contributed by atoms with van der Waals surface area (Å²) in [6, 6.07) is 13.3. The van der Waals surface area contributed by atoms with Gasteiger partial charge in [0.05, 0.1) is 16.8 Å². The summed E-state index contributed by atoms with van der Waals surface area (Å²) in [5.41, 5.74) is 2.78. The van der Waals surface area contributed by atoms with Crippen molar-refractivity contribution in [3.05, 3.63) is 42.5 Å². The van der Waals surface area contributed by atoms with E-state index < -0.39 is 0 Å². The number of benzene rings is 2. The quantitative estimate of drug-likeness (QED) is 0.488. The van der Waals surface area contributed by atoms with Gasteiger partial charge in [-0.1, -0.05) is 11.3 Å². The maximum Gasteiger partial charge on any atom is 0.197 e. The molecule has 0 aliphatic heterocycles. The molecule has 2 heterocycles. The molecule has 2 N–H and O–H groups in total. The van der Waals surface area contributed by atoms with Crippen LogP contribution in [0.25, 0.3) is 26.4 Å². The van der Waals surface area contributed by atoms with E-state index in [1.54, 1.807) is 23.5 Å². The van der Waals surface area contributed by atoms with E-state index in [1.165, 1.54) is 0 Å². The minimum atomic E-state index is -0.132. The van der Waals surface area contributed by atoms with Crippen molar-refractivity contribution in [1.29, 1.82) is 0 Å². The number of anilines is 1. The summed E-state index contributed by atoms with van der Waals surface area (Å²) >= 11 is 1.65. The summed E-state index contributed by atoms with van der Waals surface area (Å²) in [6.45, 7) is 9.02. The number of hydrogen-bond donors (Lipinski definition) is 2. The summed E-state index contributed by atoms with van der Waals surface area (Å²) in [4.78, 5) is 5.83. The van der Waals surface area contributed by atoms with E-state index in [1.807, 2.05) is 25.1 Å². The number of imidazole rings is 1. The number of rotatable bonds is 4. The van der Waals surface area contributed by atoms with Crippen molar-refractivity contribution in [2.75, 3.05) is 11.9 Å². The Kier molecular flexibility index (Phi) is 4.23. The lowest BCUT2D eigenvalue weighted by Gasteiger charge is -2.22. The largest absolute Gasteiger partial charge is 0.508 e. The summed E-state index contributed by atoms with van der Waals surface area (Å²) in [6.07, 6.45) is 0. The van der Waals surface area contributed by atoms with Gasteiger partial charge in [-0.05, 0) is 64.1 Å². The van der Waals surface area contributed by atoms with Gasteiger partial charge in [0.25, 0.3) is 0 Å². The van der Waals surface area contributed by atoms with Crippen LogP contribution in [-0.2, 0) is 0 Å². The summed E-state index contributed by atoms with van der Waals surface area (Å²) in [5.74, 6) is 2.05. The Hall–Kier alpha value is -2.73. The fraction of sp³-hybridized carbons (Fsp3) is 0.286. The first kappa shape index (κ1) is 17.7. The number of hydrogen-bond acceptors (Lipinski definition) is 5. The zero-order valence-corrected chi connectivity index (χ0v) is 16.7. The molecule has 27 heavy (non-hydrogen) atoms. The molecule has 0 radical (unpaired) electrons. The number of phenolic OH excluding ortho intramolecular Hbond substituents is 1. The third-order valence-corrected chi connectivity index (χ3v) is 5.19. The van der Waals surface area contributed by atoms with Gasteiger partial charge in [-0.15, -0.1) is 0 Å². The van der Waals surface area contributed by atoms with Crippen LogP contribution in [0.5, 0.6) is 11.5 Å². The Balaban J connectivity index is 1.99. The predicted octanol–water partition coefficient (Wildman–Crippen LogP) is 5.53. The van der Waals surface area contributed by atoms with Gasteiger partial charge in [0.1, 0.15) is 23.0 Å². The maximum atomic E-state index is 9.63. The van der Waals surface area contributed by atoms with Gasteiger partial charge in [-0.3, -0.25) is 4.40 Å². The van der Waals surface area contributed by atoms with Gasteiger partial charge >= 0.3 is 0 Å². The molecule has 0 saturated carbocycles.